The summed E-state index contributed by atoms with van der Waals surface area (Å²) < 4.78 is 11.2. The average Bonchev–Trinajstić information content (AvgIpc) is 3.17. The van der Waals surface area contributed by atoms with E-state index in [1.807, 2.05) is 12.3 Å². The van der Waals surface area contributed by atoms with E-state index in [1.54, 1.807) is 23.5 Å². The van der Waals surface area contributed by atoms with Gasteiger partial charge >= 0.3 is 5.97 Å². The molecule has 0 amide bonds. The molecule has 24 heavy (non-hydrogen) atoms. The monoisotopic (exact) mass is 345 g/mol. The van der Waals surface area contributed by atoms with E-state index in [1.165, 1.54) is 24.1 Å². The highest BCUT2D eigenvalue weighted by molar-refractivity contribution is 7.15. The molecule has 2 aromatic rings. The van der Waals surface area contributed by atoms with Gasteiger partial charge < -0.3 is 14.6 Å². The lowest BCUT2D eigenvalue weighted by atomic mass is 9.85. The molecule has 0 radical (unpaired) electrons. The van der Waals surface area contributed by atoms with Crippen molar-refractivity contribution in [3.8, 4) is 16.3 Å². The number of nitrogens with zero attached hydrogens (tertiary/aromatic N) is 1. The maximum atomic E-state index is 11.4. The first-order valence-electron chi connectivity index (χ1n) is 8.28. The third-order valence-corrected chi connectivity index (χ3v) is 5.83. The first-order chi connectivity index (χ1) is 11.7. The van der Waals surface area contributed by atoms with Crippen LogP contribution in [0.3, 0.4) is 0 Å². The lowest BCUT2D eigenvalue weighted by molar-refractivity contribution is 0.0696. The molecule has 1 saturated carbocycles. The van der Waals surface area contributed by atoms with Gasteiger partial charge in [0.15, 0.2) is 0 Å². The van der Waals surface area contributed by atoms with Crippen LogP contribution in [0.1, 0.15) is 46.8 Å². The van der Waals surface area contributed by atoms with Gasteiger partial charge in [-0.2, -0.15) is 0 Å². The molecular weight excluding hydrogens is 326 g/mol. The molecule has 2 heterocycles. The number of carbonyl (C=O) groups is 1. The Balaban J connectivity index is 1.63. The van der Waals surface area contributed by atoms with Crippen LogP contribution in [0.25, 0.3) is 10.6 Å². The fourth-order valence-corrected chi connectivity index (χ4v) is 4.09. The zero-order valence-electron chi connectivity index (χ0n) is 13.2. The van der Waals surface area contributed by atoms with E-state index in [2.05, 4.69) is 4.98 Å². The summed E-state index contributed by atoms with van der Waals surface area (Å²) in [7, 11) is 0. The number of benzene rings is 1. The Labute approximate surface area is 144 Å². The molecule has 5 nitrogen and oxygen atoms in total. The molecule has 1 atom stereocenters. The first kappa shape index (κ1) is 15.6. The van der Waals surface area contributed by atoms with Gasteiger partial charge in [0.25, 0.3) is 0 Å². The predicted molar refractivity (Wildman–Crippen MR) is 91.0 cm³/mol. The van der Waals surface area contributed by atoms with Crippen LogP contribution in [0, 0.1) is 0 Å². The number of ether oxygens (including phenoxy) is 2. The van der Waals surface area contributed by atoms with Crippen molar-refractivity contribution in [2.75, 3.05) is 13.2 Å². The van der Waals surface area contributed by atoms with E-state index in [9.17, 15) is 9.90 Å². The van der Waals surface area contributed by atoms with E-state index in [0.717, 1.165) is 17.0 Å². The summed E-state index contributed by atoms with van der Waals surface area (Å²) in [5, 5.41) is 10.2. The van der Waals surface area contributed by atoms with Gasteiger partial charge in [-0.05, 0) is 37.0 Å². The van der Waals surface area contributed by atoms with Gasteiger partial charge in [0, 0.05) is 23.1 Å². The molecule has 1 aromatic carbocycles. The number of carboxylic acids is 1. The average molecular weight is 345 g/mol. The zero-order chi connectivity index (χ0) is 16.5. The number of thiazole rings is 1. The summed E-state index contributed by atoms with van der Waals surface area (Å²) >= 11 is 1.66. The SMILES string of the molecule is O=C(O)c1cc(O[C@@H]2CCOC2)cc(-c2ncc(C3CCC3)s2)c1. The Morgan fingerprint density at radius 3 is 2.83 bits per heavy atom. The van der Waals surface area contributed by atoms with Gasteiger partial charge in [-0.3, -0.25) is 0 Å². The summed E-state index contributed by atoms with van der Waals surface area (Å²) in [6, 6.07) is 5.13. The molecule has 4 rings (SSSR count). The Hall–Kier alpha value is -1.92. The molecule has 0 unspecified atom stereocenters. The van der Waals surface area contributed by atoms with Gasteiger partial charge in [0.05, 0.1) is 18.8 Å². The minimum Gasteiger partial charge on any atom is -0.488 e. The topological polar surface area (TPSA) is 68.7 Å². The quantitative estimate of drug-likeness (QED) is 0.889. The van der Waals surface area contributed by atoms with Crippen LogP contribution in [0.4, 0.5) is 0 Å². The van der Waals surface area contributed by atoms with E-state index in [-0.39, 0.29) is 11.7 Å². The number of hydrogen-bond donors (Lipinski definition) is 1. The Kier molecular flexibility index (Phi) is 4.24. The van der Waals surface area contributed by atoms with Crippen LogP contribution in [0.2, 0.25) is 0 Å². The highest BCUT2D eigenvalue weighted by Gasteiger charge is 2.23. The van der Waals surface area contributed by atoms with Crippen LogP contribution in [0.5, 0.6) is 5.75 Å². The molecule has 2 aliphatic rings. The molecule has 126 valence electrons. The summed E-state index contributed by atoms with van der Waals surface area (Å²) in [5.74, 6) is 0.242. The maximum Gasteiger partial charge on any atom is 0.335 e. The predicted octanol–water partition coefficient (Wildman–Crippen LogP) is 3.94. The van der Waals surface area contributed by atoms with E-state index in [0.29, 0.717) is 24.9 Å². The molecule has 0 bridgehead atoms. The number of hydrogen-bond acceptors (Lipinski definition) is 5. The second-order valence-corrected chi connectivity index (χ2v) is 7.41. The summed E-state index contributed by atoms with van der Waals surface area (Å²) in [4.78, 5) is 17.2. The minimum absolute atomic E-state index is 0.0104. The molecule has 1 saturated heterocycles. The number of aromatic nitrogens is 1. The van der Waals surface area contributed by atoms with Crippen molar-refractivity contribution in [2.24, 2.45) is 0 Å². The molecule has 1 aliphatic carbocycles. The van der Waals surface area contributed by atoms with E-state index in [4.69, 9.17) is 9.47 Å². The molecule has 1 aromatic heterocycles. The largest absolute Gasteiger partial charge is 0.488 e. The maximum absolute atomic E-state index is 11.4. The standard InChI is InChI=1S/C18H19NO4S/c20-18(21)13-6-12(7-15(8-13)23-14-4-5-22-10-14)17-19-9-16(24-17)11-2-1-3-11/h6-9,11,14H,1-5,10H2,(H,20,21)/t14-/m1/s1. The third-order valence-electron chi connectivity index (χ3n) is 4.62. The van der Waals surface area contributed by atoms with Gasteiger partial charge in [0.1, 0.15) is 16.9 Å². The normalized spacial score (nSPS) is 20.8. The zero-order valence-corrected chi connectivity index (χ0v) is 14.1. The van der Waals surface area contributed by atoms with Crippen molar-refractivity contribution in [1.82, 2.24) is 4.98 Å². The molecular formula is C18H19NO4S. The Bertz CT molecular complexity index is 747. The fraction of sp³-hybridized carbons (Fsp3) is 0.444. The molecule has 2 fully saturated rings. The summed E-state index contributed by atoms with van der Waals surface area (Å²) in [6.07, 6.45) is 6.50. The van der Waals surface area contributed by atoms with Crippen molar-refractivity contribution >= 4 is 17.3 Å². The number of carboxylic acid groups (broad SMARTS) is 1. The Morgan fingerprint density at radius 1 is 1.29 bits per heavy atom. The molecule has 0 spiro atoms. The van der Waals surface area contributed by atoms with Gasteiger partial charge in [-0.15, -0.1) is 11.3 Å². The van der Waals surface area contributed by atoms with Crippen LogP contribution >= 0.6 is 11.3 Å². The molecule has 6 heteroatoms. The highest BCUT2D eigenvalue weighted by Crippen LogP contribution is 2.41. The smallest absolute Gasteiger partial charge is 0.335 e. The molecule has 1 aliphatic heterocycles. The van der Waals surface area contributed by atoms with Crippen LogP contribution in [0.15, 0.2) is 24.4 Å². The number of rotatable bonds is 5. The van der Waals surface area contributed by atoms with Gasteiger partial charge in [-0.25, -0.2) is 9.78 Å². The van der Waals surface area contributed by atoms with Crippen molar-refractivity contribution in [2.45, 2.75) is 37.7 Å². The second-order valence-electron chi connectivity index (χ2n) is 6.35. The van der Waals surface area contributed by atoms with Crippen LogP contribution < -0.4 is 4.74 Å². The van der Waals surface area contributed by atoms with Crippen molar-refractivity contribution in [3.05, 3.63) is 34.8 Å². The molecule has 1 N–H and O–H groups in total. The first-order valence-corrected chi connectivity index (χ1v) is 9.09. The number of aromatic carboxylic acids is 1. The minimum atomic E-state index is -0.958. The highest BCUT2D eigenvalue weighted by atomic mass is 32.1. The van der Waals surface area contributed by atoms with E-state index < -0.39 is 5.97 Å². The summed E-state index contributed by atoms with van der Waals surface area (Å²) in [5.41, 5.74) is 1.03. The van der Waals surface area contributed by atoms with Crippen molar-refractivity contribution in [3.63, 3.8) is 0 Å². The van der Waals surface area contributed by atoms with Gasteiger partial charge in [0.2, 0.25) is 0 Å². The Morgan fingerprint density at radius 2 is 2.17 bits per heavy atom. The lowest BCUT2D eigenvalue weighted by Crippen LogP contribution is -2.16. The second kappa shape index (κ2) is 6.53. The van der Waals surface area contributed by atoms with Crippen LogP contribution in [-0.4, -0.2) is 35.4 Å². The third kappa shape index (κ3) is 3.16. The lowest BCUT2D eigenvalue weighted by Gasteiger charge is -2.23. The van der Waals surface area contributed by atoms with Gasteiger partial charge in [-0.1, -0.05) is 6.42 Å². The van der Waals surface area contributed by atoms with Crippen molar-refractivity contribution in [1.29, 1.82) is 0 Å². The van der Waals surface area contributed by atoms with E-state index >= 15 is 0 Å². The van der Waals surface area contributed by atoms with Crippen LogP contribution in [-0.2, 0) is 4.74 Å². The van der Waals surface area contributed by atoms with Crippen molar-refractivity contribution < 1.29 is 19.4 Å². The summed E-state index contributed by atoms with van der Waals surface area (Å²) in [6.45, 7) is 1.24. The fourth-order valence-electron chi connectivity index (χ4n) is 3.01.